The number of phenolic OH excluding ortho intramolecular Hbond substituents is 1. The van der Waals surface area contributed by atoms with E-state index in [2.05, 4.69) is 77.7 Å². The molecule has 26 heavy (non-hydrogen) atoms. The van der Waals surface area contributed by atoms with E-state index in [4.69, 9.17) is 0 Å². The molecule has 0 aliphatic carbocycles. The first-order valence-electron chi connectivity index (χ1n) is 10.3. The molecule has 0 heterocycles. The Morgan fingerprint density at radius 2 is 1.46 bits per heavy atom. The summed E-state index contributed by atoms with van der Waals surface area (Å²) in [6.45, 7) is 22.7. The second-order valence-electron chi connectivity index (χ2n) is 9.55. The van der Waals surface area contributed by atoms with Crippen molar-refractivity contribution in [1.29, 1.82) is 0 Å². The Morgan fingerprint density at radius 3 is 1.92 bits per heavy atom. The van der Waals surface area contributed by atoms with Gasteiger partial charge in [-0.3, -0.25) is 0 Å². The minimum Gasteiger partial charge on any atom is -0.507 e. The zero-order valence-electron chi connectivity index (χ0n) is 18.5. The van der Waals surface area contributed by atoms with Crippen LogP contribution in [0.2, 0.25) is 0 Å². The molecule has 150 valence electrons. The molecule has 0 amide bonds. The van der Waals surface area contributed by atoms with Gasteiger partial charge in [-0.15, -0.1) is 0 Å². The Morgan fingerprint density at radius 1 is 0.885 bits per heavy atom. The minimum absolute atomic E-state index is 0.0703. The van der Waals surface area contributed by atoms with E-state index in [0.29, 0.717) is 12.3 Å². The van der Waals surface area contributed by atoms with Gasteiger partial charge in [0.2, 0.25) is 0 Å². The van der Waals surface area contributed by atoms with E-state index in [1.54, 1.807) is 0 Å². The molecule has 0 bridgehead atoms. The molecule has 3 nitrogen and oxygen atoms in total. The number of rotatable bonds is 9. The fourth-order valence-corrected chi connectivity index (χ4v) is 3.26. The van der Waals surface area contributed by atoms with Crippen LogP contribution >= 0.6 is 0 Å². The molecule has 0 fully saturated rings. The molecule has 0 atom stereocenters. The summed E-state index contributed by atoms with van der Waals surface area (Å²) in [7, 11) is 0. The predicted molar refractivity (Wildman–Crippen MR) is 114 cm³/mol. The monoisotopic (exact) mass is 362 g/mol. The molecule has 0 saturated carbocycles. The number of aromatic hydroxyl groups is 1. The quantitative estimate of drug-likeness (QED) is 0.593. The van der Waals surface area contributed by atoms with Crippen molar-refractivity contribution < 1.29 is 5.11 Å². The first-order chi connectivity index (χ1) is 12.0. The molecule has 3 heteroatoms. The van der Waals surface area contributed by atoms with Gasteiger partial charge >= 0.3 is 0 Å². The van der Waals surface area contributed by atoms with Crippen LogP contribution < -0.4 is 5.32 Å². The summed E-state index contributed by atoms with van der Waals surface area (Å²) >= 11 is 0. The standard InChI is InChI=1S/C23H42N2O/c1-9-12-25(13-10-2)14-11-24-17-18-15-19(22(3,4)5)16-20(21(18)26)23(6,7)8/h15-16,24,26H,9-14,17H2,1-8H3. The van der Waals surface area contributed by atoms with E-state index in [1.165, 1.54) is 18.4 Å². The summed E-state index contributed by atoms with van der Waals surface area (Å²) in [5, 5.41) is 14.4. The highest BCUT2D eigenvalue weighted by Gasteiger charge is 2.24. The molecule has 0 aromatic heterocycles. The van der Waals surface area contributed by atoms with Gasteiger partial charge < -0.3 is 15.3 Å². The van der Waals surface area contributed by atoms with Crippen LogP contribution in [0.3, 0.4) is 0 Å². The van der Waals surface area contributed by atoms with Crippen molar-refractivity contribution in [3.8, 4) is 5.75 Å². The Bertz CT molecular complexity index is 547. The maximum absolute atomic E-state index is 10.8. The van der Waals surface area contributed by atoms with Crippen molar-refractivity contribution in [3.63, 3.8) is 0 Å². The minimum atomic E-state index is -0.0703. The molecule has 0 spiro atoms. The van der Waals surface area contributed by atoms with E-state index in [0.717, 1.165) is 37.3 Å². The van der Waals surface area contributed by atoms with Gasteiger partial charge in [0.05, 0.1) is 0 Å². The molecule has 1 aromatic rings. The summed E-state index contributed by atoms with van der Waals surface area (Å²) in [4.78, 5) is 2.51. The van der Waals surface area contributed by atoms with Crippen molar-refractivity contribution >= 4 is 0 Å². The lowest BCUT2D eigenvalue weighted by Gasteiger charge is -2.28. The van der Waals surface area contributed by atoms with E-state index in [1.807, 2.05) is 0 Å². The number of nitrogens with zero attached hydrogens (tertiary/aromatic N) is 1. The van der Waals surface area contributed by atoms with Crippen molar-refractivity contribution in [1.82, 2.24) is 10.2 Å². The lowest BCUT2D eigenvalue weighted by atomic mass is 9.79. The van der Waals surface area contributed by atoms with Gasteiger partial charge in [-0.1, -0.05) is 67.5 Å². The van der Waals surface area contributed by atoms with Crippen LogP contribution in [0.5, 0.6) is 5.75 Å². The second kappa shape index (κ2) is 9.75. The van der Waals surface area contributed by atoms with Gasteiger partial charge in [-0.2, -0.15) is 0 Å². The Balaban J connectivity index is 2.88. The van der Waals surface area contributed by atoms with Gasteiger partial charge in [-0.05, 0) is 47.9 Å². The van der Waals surface area contributed by atoms with Crippen LogP contribution in [0.25, 0.3) is 0 Å². The summed E-state index contributed by atoms with van der Waals surface area (Å²) < 4.78 is 0. The third kappa shape index (κ3) is 6.92. The van der Waals surface area contributed by atoms with Crippen LogP contribution in [0, 0.1) is 0 Å². The van der Waals surface area contributed by atoms with E-state index in [-0.39, 0.29) is 10.8 Å². The van der Waals surface area contributed by atoms with Gasteiger partial charge in [0.1, 0.15) is 5.75 Å². The Labute approximate surface area is 162 Å². The maximum atomic E-state index is 10.8. The molecular formula is C23H42N2O. The molecule has 1 rings (SSSR count). The highest BCUT2D eigenvalue weighted by atomic mass is 16.3. The lowest BCUT2D eigenvalue weighted by molar-refractivity contribution is 0.273. The van der Waals surface area contributed by atoms with E-state index in [9.17, 15) is 5.11 Å². The Hall–Kier alpha value is -1.06. The molecule has 0 saturated heterocycles. The smallest absolute Gasteiger partial charge is 0.123 e. The molecule has 0 radical (unpaired) electrons. The zero-order chi connectivity index (χ0) is 20.0. The SMILES string of the molecule is CCCN(CCC)CCNCc1cc(C(C)(C)C)cc(C(C)(C)C)c1O. The van der Waals surface area contributed by atoms with Gasteiger partial charge in [0.15, 0.2) is 0 Å². The van der Waals surface area contributed by atoms with Crippen molar-refractivity contribution in [2.75, 3.05) is 26.2 Å². The molecule has 0 unspecified atom stereocenters. The average molecular weight is 363 g/mol. The molecule has 0 aliphatic rings. The Kier molecular flexibility index (Phi) is 8.62. The summed E-state index contributed by atoms with van der Waals surface area (Å²) in [5.41, 5.74) is 3.34. The first kappa shape index (κ1) is 23.0. The predicted octanol–water partition coefficient (Wildman–Crippen LogP) is 5.20. The van der Waals surface area contributed by atoms with Crippen molar-refractivity contribution in [2.24, 2.45) is 0 Å². The largest absolute Gasteiger partial charge is 0.507 e. The van der Waals surface area contributed by atoms with E-state index < -0.39 is 0 Å². The van der Waals surface area contributed by atoms with Gasteiger partial charge in [0.25, 0.3) is 0 Å². The number of hydrogen-bond donors (Lipinski definition) is 2. The third-order valence-electron chi connectivity index (χ3n) is 4.86. The number of benzene rings is 1. The van der Waals surface area contributed by atoms with E-state index >= 15 is 0 Å². The summed E-state index contributed by atoms with van der Waals surface area (Å²) in [6, 6.07) is 4.36. The molecule has 0 aliphatic heterocycles. The van der Waals surface area contributed by atoms with Crippen LogP contribution in [0.4, 0.5) is 0 Å². The van der Waals surface area contributed by atoms with Crippen molar-refractivity contribution in [3.05, 3.63) is 28.8 Å². The average Bonchev–Trinajstić information content (AvgIpc) is 2.50. The maximum Gasteiger partial charge on any atom is 0.123 e. The van der Waals surface area contributed by atoms with Crippen LogP contribution in [0.15, 0.2) is 12.1 Å². The van der Waals surface area contributed by atoms with Gasteiger partial charge in [0, 0.05) is 25.2 Å². The topological polar surface area (TPSA) is 35.5 Å². The van der Waals surface area contributed by atoms with Crippen LogP contribution in [-0.4, -0.2) is 36.2 Å². The fraction of sp³-hybridized carbons (Fsp3) is 0.739. The number of nitrogens with one attached hydrogen (secondary N) is 1. The van der Waals surface area contributed by atoms with Crippen molar-refractivity contribution in [2.45, 2.75) is 85.6 Å². The highest BCUT2D eigenvalue weighted by Crippen LogP contribution is 2.37. The third-order valence-corrected chi connectivity index (χ3v) is 4.86. The lowest BCUT2D eigenvalue weighted by Crippen LogP contribution is -2.33. The summed E-state index contributed by atoms with van der Waals surface area (Å²) in [5.74, 6) is 0.456. The molecular weight excluding hydrogens is 320 g/mol. The zero-order valence-corrected chi connectivity index (χ0v) is 18.5. The molecule has 2 N–H and O–H groups in total. The normalized spacial score (nSPS) is 12.8. The number of phenols is 1. The van der Waals surface area contributed by atoms with Crippen LogP contribution in [-0.2, 0) is 17.4 Å². The van der Waals surface area contributed by atoms with Gasteiger partial charge in [-0.25, -0.2) is 0 Å². The van der Waals surface area contributed by atoms with Crippen LogP contribution in [0.1, 0.15) is 84.9 Å². The second-order valence-corrected chi connectivity index (χ2v) is 9.55. The molecule has 1 aromatic carbocycles. The fourth-order valence-electron chi connectivity index (χ4n) is 3.26. The first-order valence-corrected chi connectivity index (χ1v) is 10.3. The highest BCUT2D eigenvalue weighted by molar-refractivity contribution is 5.48. The summed E-state index contributed by atoms with van der Waals surface area (Å²) in [6.07, 6.45) is 2.40. The number of hydrogen-bond acceptors (Lipinski definition) is 3.